The van der Waals surface area contributed by atoms with E-state index in [-0.39, 0.29) is 29.8 Å². The first-order chi connectivity index (χ1) is 14.4. The van der Waals surface area contributed by atoms with Crippen LogP contribution in [0.1, 0.15) is 47.4 Å². The van der Waals surface area contributed by atoms with E-state index in [0.717, 1.165) is 25.9 Å². The van der Waals surface area contributed by atoms with Crippen LogP contribution in [0, 0.1) is 5.92 Å². The Morgan fingerprint density at radius 2 is 1.87 bits per heavy atom. The maximum atomic E-state index is 12.8. The van der Waals surface area contributed by atoms with Crippen molar-refractivity contribution in [3.63, 3.8) is 0 Å². The Balaban J connectivity index is 0.00000341. The molecule has 0 saturated carbocycles. The van der Waals surface area contributed by atoms with E-state index < -0.39 is 5.91 Å². The second-order valence-corrected chi connectivity index (χ2v) is 8.07. The molecule has 1 saturated heterocycles. The van der Waals surface area contributed by atoms with E-state index in [1.54, 1.807) is 24.3 Å². The fraction of sp³-hybridized carbons (Fsp3) is 0.364. The predicted octanol–water partition coefficient (Wildman–Crippen LogP) is 4.28. The minimum Gasteiger partial charge on any atom is -0.325 e. The number of hydrogen-bond acceptors (Lipinski definition) is 5. The number of carbonyl (C=O) groups is 3. The first-order valence-corrected chi connectivity index (χ1v) is 10.3. The zero-order chi connectivity index (χ0) is 21.7. The zero-order valence-corrected chi connectivity index (χ0v) is 19.0. The third-order valence-electron chi connectivity index (χ3n) is 5.28. The summed E-state index contributed by atoms with van der Waals surface area (Å²) < 4.78 is 0. The van der Waals surface area contributed by atoms with E-state index in [4.69, 9.17) is 11.6 Å². The van der Waals surface area contributed by atoms with Gasteiger partial charge in [0.25, 0.3) is 5.91 Å². The number of aldehydes is 1. The Hall–Kier alpha value is -2.48. The van der Waals surface area contributed by atoms with Gasteiger partial charge in [0, 0.05) is 23.7 Å². The summed E-state index contributed by atoms with van der Waals surface area (Å²) in [7, 11) is 0. The van der Waals surface area contributed by atoms with Crippen molar-refractivity contribution in [2.45, 2.75) is 32.7 Å². The van der Waals surface area contributed by atoms with Crippen LogP contribution in [-0.2, 0) is 4.79 Å². The molecule has 0 unspecified atom stereocenters. The second-order valence-electron chi connectivity index (χ2n) is 7.63. The minimum absolute atomic E-state index is 0. The average molecular weight is 465 g/mol. The van der Waals surface area contributed by atoms with Gasteiger partial charge in [-0.25, -0.2) is 4.98 Å². The maximum absolute atomic E-state index is 12.8. The normalized spacial score (nSPS) is 14.6. The first kappa shape index (κ1) is 24.8. The van der Waals surface area contributed by atoms with Crippen molar-refractivity contribution in [1.82, 2.24) is 9.88 Å². The molecule has 166 valence electrons. The Morgan fingerprint density at radius 1 is 1.16 bits per heavy atom. The Morgan fingerprint density at radius 3 is 2.45 bits per heavy atom. The Kier molecular flexibility index (Phi) is 8.98. The predicted molar refractivity (Wildman–Crippen MR) is 124 cm³/mol. The molecule has 0 spiro atoms. The van der Waals surface area contributed by atoms with E-state index in [2.05, 4.69) is 34.4 Å². The molecule has 1 fully saturated rings. The van der Waals surface area contributed by atoms with Crippen LogP contribution >= 0.6 is 24.0 Å². The summed E-state index contributed by atoms with van der Waals surface area (Å²) in [5, 5.41) is 5.99. The Labute approximate surface area is 193 Å². The zero-order valence-electron chi connectivity index (χ0n) is 17.4. The standard InChI is InChI=1S/C22H25ClN4O3.ClH/c1-14(2)27-9-7-16(8-10-27)21(29)25-19-5-3-15(13-28)11-18(19)22(30)26-20-6-4-17(23)12-24-20;/h3-6,11-14,16H,7-10H2,1-2H3,(H,25,29)(H,24,26,30);1H. The molecule has 7 nitrogen and oxygen atoms in total. The molecule has 1 aliphatic rings. The summed E-state index contributed by atoms with van der Waals surface area (Å²) in [4.78, 5) is 43.2. The molecule has 0 atom stereocenters. The number of pyridine rings is 1. The lowest BCUT2D eigenvalue weighted by molar-refractivity contribution is -0.121. The molecule has 31 heavy (non-hydrogen) atoms. The van der Waals surface area contributed by atoms with Crippen LogP contribution in [0.2, 0.25) is 5.02 Å². The lowest BCUT2D eigenvalue weighted by Crippen LogP contribution is -2.41. The van der Waals surface area contributed by atoms with E-state index >= 15 is 0 Å². The number of hydrogen-bond donors (Lipinski definition) is 2. The molecule has 0 radical (unpaired) electrons. The van der Waals surface area contributed by atoms with Crippen LogP contribution in [0.3, 0.4) is 0 Å². The summed E-state index contributed by atoms with van der Waals surface area (Å²) >= 11 is 5.82. The summed E-state index contributed by atoms with van der Waals surface area (Å²) in [5.41, 5.74) is 0.903. The molecule has 9 heteroatoms. The monoisotopic (exact) mass is 464 g/mol. The number of carbonyl (C=O) groups excluding carboxylic acids is 3. The van der Waals surface area contributed by atoms with Crippen LogP contribution in [-0.4, -0.2) is 47.1 Å². The Bertz CT molecular complexity index is 927. The van der Waals surface area contributed by atoms with Gasteiger partial charge in [0.15, 0.2) is 0 Å². The highest BCUT2D eigenvalue weighted by molar-refractivity contribution is 6.30. The summed E-state index contributed by atoms with van der Waals surface area (Å²) in [6, 6.07) is 8.25. The number of piperidine rings is 1. The van der Waals surface area contributed by atoms with Crippen LogP contribution in [0.15, 0.2) is 36.5 Å². The van der Waals surface area contributed by atoms with Gasteiger partial charge < -0.3 is 15.5 Å². The second kappa shape index (κ2) is 11.2. The van der Waals surface area contributed by atoms with Crippen molar-refractivity contribution in [3.8, 4) is 0 Å². The molecule has 1 aromatic heterocycles. The molecule has 3 rings (SSSR count). The summed E-state index contributed by atoms with van der Waals surface area (Å²) in [5.74, 6) is -0.381. The molecular formula is C22H26Cl2N4O3. The minimum atomic E-state index is -0.474. The van der Waals surface area contributed by atoms with Gasteiger partial charge in [-0.3, -0.25) is 14.4 Å². The number of aromatic nitrogens is 1. The number of benzene rings is 1. The third-order valence-corrected chi connectivity index (χ3v) is 5.51. The fourth-order valence-electron chi connectivity index (χ4n) is 3.48. The van der Waals surface area contributed by atoms with Gasteiger partial charge in [-0.15, -0.1) is 12.4 Å². The first-order valence-electron chi connectivity index (χ1n) is 9.94. The van der Waals surface area contributed by atoms with Gasteiger partial charge >= 0.3 is 0 Å². The van der Waals surface area contributed by atoms with Crippen molar-refractivity contribution < 1.29 is 14.4 Å². The SMILES string of the molecule is CC(C)N1CCC(C(=O)Nc2ccc(C=O)cc2C(=O)Nc2ccc(Cl)cn2)CC1.Cl. The summed E-state index contributed by atoms with van der Waals surface area (Å²) in [6.07, 6.45) is 3.62. The molecule has 2 N–H and O–H groups in total. The largest absolute Gasteiger partial charge is 0.325 e. The van der Waals surface area contributed by atoms with E-state index in [9.17, 15) is 14.4 Å². The number of likely N-dealkylation sites (tertiary alicyclic amines) is 1. The van der Waals surface area contributed by atoms with Crippen LogP contribution in [0.4, 0.5) is 11.5 Å². The third kappa shape index (κ3) is 6.50. The average Bonchev–Trinajstić information content (AvgIpc) is 2.75. The van der Waals surface area contributed by atoms with Crippen LogP contribution in [0.25, 0.3) is 0 Å². The van der Waals surface area contributed by atoms with Crippen molar-refractivity contribution in [3.05, 3.63) is 52.7 Å². The molecular weight excluding hydrogens is 439 g/mol. The summed E-state index contributed by atoms with van der Waals surface area (Å²) in [6.45, 7) is 6.04. The van der Waals surface area contributed by atoms with Gasteiger partial charge in [0.05, 0.1) is 16.3 Å². The van der Waals surface area contributed by atoms with Crippen LogP contribution in [0.5, 0.6) is 0 Å². The highest BCUT2D eigenvalue weighted by Crippen LogP contribution is 2.24. The number of halogens is 2. The topological polar surface area (TPSA) is 91.4 Å². The quantitative estimate of drug-likeness (QED) is 0.622. The van der Waals surface area contributed by atoms with Crippen molar-refractivity contribution in [1.29, 1.82) is 0 Å². The molecule has 0 bridgehead atoms. The van der Waals surface area contributed by atoms with Crippen LogP contribution < -0.4 is 10.6 Å². The molecule has 1 aromatic carbocycles. The molecule has 1 aliphatic heterocycles. The van der Waals surface area contributed by atoms with E-state index in [1.165, 1.54) is 12.3 Å². The number of nitrogens with zero attached hydrogens (tertiary/aromatic N) is 2. The van der Waals surface area contributed by atoms with Crippen molar-refractivity contribution in [2.75, 3.05) is 23.7 Å². The lowest BCUT2D eigenvalue weighted by atomic mass is 9.95. The number of rotatable bonds is 6. The van der Waals surface area contributed by atoms with Crippen molar-refractivity contribution >= 4 is 53.6 Å². The number of amides is 2. The van der Waals surface area contributed by atoms with Gasteiger partial charge in [-0.1, -0.05) is 11.6 Å². The molecule has 2 amide bonds. The van der Waals surface area contributed by atoms with E-state index in [0.29, 0.717) is 34.4 Å². The lowest BCUT2D eigenvalue weighted by Gasteiger charge is -2.34. The number of nitrogens with one attached hydrogen (secondary N) is 2. The van der Waals surface area contributed by atoms with Crippen molar-refractivity contribution in [2.24, 2.45) is 5.92 Å². The molecule has 2 aromatic rings. The maximum Gasteiger partial charge on any atom is 0.258 e. The van der Waals surface area contributed by atoms with E-state index in [1.807, 2.05) is 0 Å². The highest BCUT2D eigenvalue weighted by atomic mass is 35.5. The smallest absolute Gasteiger partial charge is 0.258 e. The van der Waals surface area contributed by atoms with Gasteiger partial charge in [-0.05, 0) is 70.1 Å². The number of anilines is 2. The van der Waals surface area contributed by atoms with Gasteiger partial charge in [-0.2, -0.15) is 0 Å². The highest BCUT2D eigenvalue weighted by Gasteiger charge is 2.27. The fourth-order valence-corrected chi connectivity index (χ4v) is 3.59. The molecule has 2 heterocycles. The van der Waals surface area contributed by atoms with Gasteiger partial charge in [0.2, 0.25) is 5.91 Å². The molecule has 0 aliphatic carbocycles. The van der Waals surface area contributed by atoms with Gasteiger partial charge in [0.1, 0.15) is 12.1 Å².